The molecule has 1 aliphatic carbocycles. The molecule has 1 aliphatic heterocycles. The zero-order valence-electron chi connectivity index (χ0n) is 18.8. The van der Waals surface area contributed by atoms with Crippen molar-refractivity contribution in [2.24, 2.45) is 5.92 Å². The van der Waals surface area contributed by atoms with Gasteiger partial charge in [0, 0.05) is 50.1 Å². The minimum absolute atomic E-state index is 0.0187. The van der Waals surface area contributed by atoms with Gasteiger partial charge in [0.2, 0.25) is 11.8 Å². The summed E-state index contributed by atoms with van der Waals surface area (Å²) < 4.78 is 5.20. The van der Waals surface area contributed by atoms with E-state index < -0.39 is 0 Å². The summed E-state index contributed by atoms with van der Waals surface area (Å²) in [6.07, 6.45) is 8.98. The molecule has 0 unspecified atom stereocenters. The molecule has 2 aromatic rings. The second-order valence-corrected chi connectivity index (χ2v) is 8.71. The van der Waals surface area contributed by atoms with E-state index in [2.05, 4.69) is 19.9 Å². The Hall–Kier alpha value is -3.20. The summed E-state index contributed by atoms with van der Waals surface area (Å²) in [5, 5.41) is 0. The lowest BCUT2D eigenvalue weighted by molar-refractivity contribution is -0.130. The first-order valence-corrected chi connectivity index (χ1v) is 10.9. The molecule has 2 fully saturated rings. The molecule has 1 saturated carbocycles. The van der Waals surface area contributed by atoms with Gasteiger partial charge in [-0.15, -0.1) is 0 Å². The largest absolute Gasteiger partial charge is 0.481 e. The highest BCUT2D eigenvalue weighted by molar-refractivity contribution is 5.88. The molecule has 2 aromatic heterocycles. The predicted octanol–water partition coefficient (Wildman–Crippen LogP) is 1.39. The lowest BCUT2D eigenvalue weighted by atomic mass is 10.0. The van der Waals surface area contributed by atoms with E-state index in [-0.39, 0.29) is 17.5 Å². The van der Waals surface area contributed by atoms with Crippen molar-refractivity contribution in [3.05, 3.63) is 47.2 Å². The predicted molar refractivity (Wildman–Crippen MR) is 123 cm³/mol. The number of pyridine rings is 1. The fraction of sp³-hybridized carbons (Fsp3) is 0.478. The maximum absolute atomic E-state index is 12.8. The first kappa shape index (κ1) is 22.0. The van der Waals surface area contributed by atoms with Crippen LogP contribution < -0.4 is 15.2 Å². The summed E-state index contributed by atoms with van der Waals surface area (Å²) in [4.78, 5) is 42.4. The Morgan fingerprint density at radius 2 is 2.06 bits per heavy atom. The topological polar surface area (TPSA) is 94.7 Å². The molecule has 170 valence electrons. The summed E-state index contributed by atoms with van der Waals surface area (Å²) in [5.41, 5.74) is 1.95. The molecule has 1 amide bonds. The number of rotatable bonds is 9. The van der Waals surface area contributed by atoms with Gasteiger partial charge in [-0.25, -0.2) is 9.97 Å². The maximum atomic E-state index is 12.8. The highest BCUT2D eigenvalue weighted by atomic mass is 16.5. The van der Waals surface area contributed by atoms with Crippen LogP contribution in [0.15, 0.2) is 41.6 Å². The van der Waals surface area contributed by atoms with Gasteiger partial charge in [-0.3, -0.25) is 9.59 Å². The van der Waals surface area contributed by atoms with E-state index in [1.165, 1.54) is 19.2 Å². The molecule has 0 aromatic carbocycles. The zero-order chi connectivity index (χ0) is 22.7. The average Bonchev–Trinajstić information content (AvgIpc) is 3.56. The highest BCUT2D eigenvalue weighted by Crippen LogP contribution is 2.34. The van der Waals surface area contributed by atoms with E-state index in [9.17, 15) is 9.59 Å². The number of ether oxygens (including phenoxy) is 1. The van der Waals surface area contributed by atoms with Crippen molar-refractivity contribution in [2.45, 2.75) is 18.9 Å². The molecular formula is C23H30N6O3. The van der Waals surface area contributed by atoms with Crippen LogP contribution in [-0.4, -0.2) is 84.1 Å². The van der Waals surface area contributed by atoms with E-state index in [0.29, 0.717) is 36.3 Å². The number of carbonyl (C=O) groups is 1. The quantitative estimate of drug-likeness (QED) is 0.591. The van der Waals surface area contributed by atoms with Crippen LogP contribution in [0.1, 0.15) is 12.8 Å². The maximum Gasteiger partial charge on any atom is 0.271 e. The number of hydrogen-bond acceptors (Lipinski definition) is 7. The van der Waals surface area contributed by atoms with E-state index in [1.807, 2.05) is 36.0 Å². The van der Waals surface area contributed by atoms with Crippen LogP contribution in [0, 0.1) is 5.92 Å². The van der Waals surface area contributed by atoms with Crippen molar-refractivity contribution in [1.82, 2.24) is 24.8 Å². The minimum Gasteiger partial charge on any atom is -0.481 e. The average molecular weight is 439 g/mol. The summed E-state index contributed by atoms with van der Waals surface area (Å²) >= 11 is 0. The van der Waals surface area contributed by atoms with Gasteiger partial charge in [0.15, 0.2) is 0 Å². The van der Waals surface area contributed by atoms with E-state index in [4.69, 9.17) is 4.74 Å². The SMILES string of the molecule is COc1cc(-c2c[nH]c(=O)c(N(CC3CC3)C3CN(C(=O)C=CCN(C)C)C3)c2)ncn1. The molecule has 2 aliphatic rings. The van der Waals surface area contributed by atoms with Crippen LogP contribution in [0.3, 0.4) is 0 Å². The number of nitrogens with one attached hydrogen (secondary N) is 1. The standard InChI is InChI=1S/C23H30N6O3/c1-27(2)8-4-5-22(30)28-13-18(14-28)29(12-16-6-7-16)20-9-17(11-24-23(20)31)19-10-21(32-3)26-15-25-19/h4-5,9-11,15-16,18H,6-8,12-14H2,1-3H3,(H,24,31). The van der Waals surface area contributed by atoms with Gasteiger partial charge in [0.1, 0.15) is 12.0 Å². The van der Waals surface area contributed by atoms with Crippen molar-refractivity contribution < 1.29 is 9.53 Å². The lowest BCUT2D eigenvalue weighted by Crippen LogP contribution is -2.62. The van der Waals surface area contributed by atoms with Gasteiger partial charge in [-0.2, -0.15) is 0 Å². The third-order valence-electron chi connectivity index (χ3n) is 5.84. The third-order valence-corrected chi connectivity index (χ3v) is 5.84. The second kappa shape index (κ2) is 9.52. The van der Waals surface area contributed by atoms with Crippen LogP contribution >= 0.6 is 0 Å². The highest BCUT2D eigenvalue weighted by Gasteiger charge is 2.37. The van der Waals surface area contributed by atoms with Crippen LogP contribution in [0.2, 0.25) is 0 Å². The number of nitrogens with zero attached hydrogens (tertiary/aromatic N) is 5. The van der Waals surface area contributed by atoms with Gasteiger partial charge in [-0.1, -0.05) is 6.08 Å². The number of H-pyrrole nitrogens is 1. The third kappa shape index (κ3) is 5.16. The summed E-state index contributed by atoms with van der Waals surface area (Å²) in [7, 11) is 5.49. The van der Waals surface area contributed by atoms with Crippen molar-refractivity contribution in [2.75, 3.05) is 52.3 Å². The molecule has 0 radical (unpaired) electrons. The molecule has 0 atom stereocenters. The Bertz CT molecular complexity index is 1040. The molecule has 3 heterocycles. The number of hydrogen-bond donors (Lipinski definition) is 1. The first-order chi connectivity index (χ1) is 15.4. The Morgan fingerprint density at radius 3 is 2.75 bits per heavy atom. The Kier molecular flexibility index (Phi) is 6.55. The number of likely N-dealkylation sites (tertiary alicyclic amines) is 1. The first-order valence-electron chi connectivity index (χ1n) is 10.9. The molecule has 4 rings (SSSR count). The number of aromatic amines is 1. The molecule has 1 N–H and O–H groups in total. The molecule has 32 heavy (non-hydrogen) atoms. The number of likely N-dealkylation sites (N-methyl/N-ethyl adjacent to an activating group) is 1. The number of carbonyl (C=O) groups excluding carboxylic acids is 1. The summed E-state index contributed by atoms with van der Waals surface area (Å²) in [5.74, 6) is 1.08. The molecule has 0 spiro atoms. The Balaban J connectivity index is 1.52. The summed E-state index contributed by atoms with van der Waals surface area (Å²) in [6.45, 7) is 2.78. The number of amides is 1. The van der Waals surface area contributed by atoms with Crippen molar-refractivity contribution in [3.63, 3.8) is 0 Å². The van der Waals surface area contributed by atoms with Gasteiger partial charge >= 0.3 is 0 Å². The number of methoxy groups -OCH3 is 1. The lowest BCUT2D eigenvalue weighted by Gasteiger charge is -2.46. The second-order valence-electron chi connectivity index (χ2n) is 8.71. The fourth-order valence-corrected chi connectivity index (χ4v) is 3.77. The van der Waals surface area contributed by atoms with Gasteiger partial charge < -0.3 is 24.4 Å². The molecule has 9 heteroatoms. The smallest absolute Gasteiger partial charge is 0.271 e. The van der Waals surface area contributed by atoms with Gasteiger partial charge in [0.05, 0.1) is 18.8 Å². The normalized spacial score (nSPS) is 16.4. The van der Waals surface area contributed by atoms with E-state index in [1.54, 1.807) is 25.4 Å². The minimum atomic E-state index is -0.133. The number of anilines is 1. The van der Waals surface area contributed by atoms with Crippen LogP contribution in [-0.2, 0) is 4.79 Å². The number of aromatic nitrogens is 3. The van der Waals surface area contributed by atoms with Crippen LogP contribution in [0.4, 0.5) is 5.69 Å². The van der Waals surface area contributed by atoms with Crippen molar-refractivity contribution in [1.29, 1.82) is 0 Å². The fourth-order valence-electron chi connectivity index (χ4n) is 3.77. The van der Waals surface area contributed by atoms with Crippen molar-refractivity contribution in [3.8, 4) is 17.1 Å². The zero-order valence-corrected chi connectivity index (χ0v) is 18.8. The van der Waals surface area contributed by atoms with Crippen LogP contribution in [0.25, 0.3) is 11.3 Å². The molecular weight excluding hydrogens is 408 g/mol. The van der Waals surface area contributed by atoms with Gasteiger partial charge in [0.25, 0.3) is 5.56 Å². The molecule has 9 nitrogen and oxygen atoms in total. The molecule has 0 bridgehead atoms. The van der Waals surface area contributed by atoms with Gasteiger partial charge in [-0.05, 0) is 38.9 Å². The van der Waals surface area contributed by atoms with Crippen molar-refractivity contribution >= 4 is 11.6 Å². The Labute approximate surface area is 187 Å². The monoisotopic (exact) mass is 438 g/mol. The van der Waals surface area contributed by atoms with E-state index >= 15 is 0 Å². The van der Waals surface area contributed by atoms with Crippen LogP contribution in [0.5, 0.6) is 5.88 Å². The Morgan fingerprint density at radius 1 is 1.28 bits per heavy atom. The van der Waals surface area contributed by atoms with E-state index in [0.717, 1.165) is 18.7 Å². The summed E-state index contributed by atoms with van der Waals surface area (Å²) in [6, 6.07) is 3.75. The molecule has 1 saturated heterocycles.